The van der Waals surface area contributed by atoms with Gasteiger partial charge in [-0.1, -0.05) is 13.0 Å². The molecule has 9 nitrogen and oxygen atoms in total. The molecular weight excluding hydrogens is 432 g/mol. The molecule has 2 aromatic heterocycles. The van der Waals surface area contributed by atoms with Crippen molar-refractivity contribution < 1.29 is 14.3 Å². The van der Waals surface area contributed by atoms with Crippen LogP contribution in [0.4, 0.5) is 5.82 Å². The van der Waals surface area contributed by atoms with Gasteiger partial charge in [0.2, 0.25) is 5.62 Å². The third-order valence-electron chi connectivity index (χ3n) is 5.73. The lowest BCUT2D eigenvalue weighted by Gasteiger charge is -2.19. The number of carbonyl (C=O) groups excluding carboxylic acids is 1. The van der Waals surface area contributed by atoms with Crippen LogP contribution in [0.5, 0.6) is 11.5 Å². The summed E-state index contributed by atoms with van der Waals surface area (Å²) in [6.45, 7) is 10.6. The molecule has 0 radical (unpaired) electrons. The highest BCUT2D eigenvalue weighted by molar-refractivity contribution is 5.96. The lowest BCUT2D eigenvalue weighted by atomic mass is 10.2. The molecule has 1 aliphatic rings. The second-order valence-corrected chi connectivity index (χ2v) is 7.87. The number of benzene rings is 1. The van der Waals surface area contributed by atoms with Crippen molar-refractivity contribution in [3.8, 4) is 11.5 Å². The number of methoxy groups -OCH3 is 1. The van der Waals surface area contributed by atoms with Gasteiger partial charge in [0.25, 0.3) is 5.91 Å². The molecule has 1 N–H and O–H groups in total. The van der Waals surface area contributed by atoms with Crippen molar-refractivity contribution in [2.24, 2.45) is 4.99 Å². The number of anilines is 1. The second kappa shape index (κ2) is 10.9. The number of nitrogens with zero attached hydrogens (tertiary/aromatic N) is 5. The molecule has 34 heavy (non-hydrogen) atoms. The summed E-state index contributed by atoms with van der Waals surface area (Å²) in [5.74, 6) is 1.60. The monoisotopic (exact) mass is 462 g/mol. The minimum atomic E-state index is -0.395. The fraction of sp³-hybridized carbons (Fsp3) is 0.360. The summed E-state index contributed by atoms with van der Waals surface area (Å²) in [5, 5.41) is 4.27. The van der Waals surface area contributed by atoms with E-state index < -0.39 is 5.91 Å². The zero-order valence-corrected chi connectivity index (χ0v) is 19.7. The van der Waals surface area contributed by atoms with Gasteiger partial charge in [-0.25, -0.2) is 4.98 Å². The Labute approximate surface area is 198 Å². The van der Waals surface area contributed by atoms with Crippen molar-refractivity contribution in [1.29, 1.82) is 0 Å². The molecule has 0 spiro atoms. The fourth-order valence-electron chi connectivity index (χ4n) is 4.02. The van der Waals surface area contributed by atoms with E-state index in [-0.39, 0.29) is 0 Å². The lowest BCUT2D eigenvalue weighted by Crippen LogP contribution is -2.25. The maximum atomic E-state index is 12.7. The maximum absolute atomic E-state index is 12.7. The van der Waals surface area contributed by atoms with Crippen LogP contribution in [-0.2, 0) is 6.54 Å². The van der Waals surface area contributed by atoms with Crippen molar-refractivity contribution in [3.63, 3.8) is 0 Å². The zero-order chi connectivity index (χ0) is 23.9. The van der Waals surface area contributed by atoms with Gasteiger partial charge >= 0.3 is 0 Å². The summed E-state index contributed by atoms with van der Waals surface area (Å²) >= 11 is 0. The van der Waals surface area contributed by atoms with E-state index in [0.29, 0.717) is 41.3 Å². The molecule has 0 atom stereocenters. The molecule has 0 aliphatic carbocycles. The predicted octanol–water partition coefficient (Wildman–Crippen LogP) is 2.88. The van der Waals surface area contributed by atoms with Gasteiger partial charge in [-0.3, -0.25) is 19.2 Å². The molecule has 1 amide bonds. The first-order valence-electron chi connectivity index (χ1n) is 11.5. The van der Waals surface area contributed by atoms with E-state index in [1.807, 2.05) is 22.8 Å². The molecule has 0 fully saturated rings. The molecule has 178 valence electrons. The molecule has 0 saturated carbocycles. The summed E-state index contributed by atoms with van der Waals surface area (Å²) in [4.78, 5) is 28.1. The molecule has 1 aliphatic heterocycles. The van der Waals surface area contributed by atoms with E-state index in [1.165, 1.54) is 6.20 Å². The highest BCUT2D eigenvalue weighted by Crippen LogP contribution is 2.37. The van der Waals surface area contributed by atoms with E-state index in [2.05, 4.69) is 33.7 Å². The SMILES string of the molecule is C=CCN(CC)CCCOc1ccc2c3n(c(=NC(=O)c4cccnc4)nc2c1OC)CCN3. The molecular formula is C25H30N6O3. The lowest BCUT2D eigenvalue weighted by molar-refractivity contribution is 0.0996. The van der Waals surface area contributed by atoms with Crippen molar-refractivity contribution >= 4 is 22.6 Å². The summed E-state index contributed by atoms with van der Waals surface area (Å²) < 4.78 is 13.7. The van der Waals surface area contributed by atoms with Crippen LogP contribution in [0.15, 0.2) is 54.3 Å². The third-order valence-corrected chi connectivity index (χ3v) is 5.73. The van der Waals surface area contributed by atoms with Crippen LogP contribution < -0.4 is 20.4 Å². The minimum absolute atomic E-state index is 0.319. The van der Waals surface area contributed by atoms with Gasteiger partial charge < -0.3 is 14.8 Å². The van der Waals surface area contributed by atoms with Crippen LogP contribution in [0.1, 0.15) is 23.7 Å². The predicted molar refractivity (Wildman–Crippen MR) is 131 cm³/mol. The Kier molecular flexibility index (Phi) is 7.54. The number of hydrogen-bond donors (Lipinski definition) is 1. The van der Waals surface area contributed by atoms with Gasteiger partial charge in [-0.05, 0) is 37.2 Å². The normalized spacial score (nSPS) is 13.1. The molecule has 1 aromatic carbocycles. The topological polar surface area (TPSA) is 93.9 Å². The Balaban J connectivity index is 1.66. The highest BCUT2D eigenvalue weighted by atomic mass is 16.5. The zero-order valence-electron chi connectivity index (χ0n) is 19.7. The second-order valence-electron chi connectivity index (χ2n) is 7.87. The Morgan fingerprint density at radius 3 is 3.00 bits per heavy atom. The average molecular weight is 463 g/mol. The van der Waals surface area contributed by atoms with Gasteiger partial charge in [0.05, 0.1) is 19.3 Å². The van der Waals surface area contributed by atoms with Crippen LogP contribution in [0.25, 0.3) is 10.9 Å². The van der Waals surface area contributed by atoms with Crippen LogP contribution in [0.2, 0.25) is 0 Å². The largest absolute Gasteiger partial charge is 0.491 e. The van der Waals surface area contributed by atoms with Gasteiger partial charge in [0.15, 0.2) is 11.5 Å². The van der Waals surface area contributed by atoms with Crippen LogP contribution in [0.3, 0.4) is 0 Å². The molecule has 4 rings (SSSR count). The first-order valence-corrected chi connectivity index (χ1v) is 11.5. The molecule has 0 saturated heterocycles. The number of nitrogens with one attached hydrogen (secondary N) is 1. The number of rotatable bonds is 10. The van der Waals surface area contributed by atoms with Crippen molar-refractivity contribution in [2.45, 2.75) is 19.9 Å². The molecule has 9 heteroatoms. The number of pyridine rings is 1. The molecule has 0 unspecified atom stereocenters. The number of amides is 1. The number of carbonyl (C=O) groups is 1. The molecule has 3 aromatic rings. The van der Waals surface area contributed by atoms with Crippen LogP contribution >= 0.6 is 0 Å². The fourth-order valence-corrected chi connectivity index (χ4v) is 4.02. The quantitative estimate of drug-likeness (QED) is 0.366. The summed E-state index contributed by atoms with van der Waals surface area (Å²) in [5.41, 5.74) is 1.33. The van der Waals surface area contributed by atoms with Gasteiger partial charge in [-0.15, -0.1) is 6.58 Å². The number of hydrogen-bond acceptors (Lipinski definition) is 7. The first kappa shape index (κ1) is 23.4. The minimum Gasteiger partial charge on any atom is -0.491 e. The maximum Gasteiger partial charge on any atom is 0.281 e. The van der Waals surface area contributed by atoms with E-state index in [1.54, 1.807) is 25.4 Å². The Morgan fingerprint density at radius 2 is 2.26 bits per heavy atom. The standard InChI is InChI=1S/C25H30N6O3/c1-4-13-30(5-2)14-7-16-34-20-10-9-19-21(22(20)33-3)28-25(31-15-12-27-23(19)31)29-24(32)18-8-6-11-26-17-18/h4,6,8-11,17,27H,1,5,7,12-16H2,2-3H3. The van der Waals surface area contributed by atoms with Crippen LogP contribution in [0, 0.1) is 0 Å². The third kappa shape index (κ3) is 4.94. The van der Waals surface area contributed by atoms with E-state index in [0.717, 1.165) is 43.8 Å². The van der Waals surface area contributed by atoms with E-state index in [9.17, 15) is 4.79 Å². The summed E-state index contributed by atoms with van der Waals surface area (Å²) in [6.07, 6.45) is 5.90. The van der Waals surface area contributed by atoms with Gasteiger partial charge in [0, 0.05) is 44.0 Å². The Morgan fingerprint density at radius 1 is 1.38 bits per heavy atom. The van der Waals surface area contributed by atoms with Crippen LogP contribution in [-0.4, -0.2) is 65.2 Å². The summed E-state index contributed by atoms with van der Waals surface area (Å²) in [6, 6.07) is 7.26. The average Bonchev–Trinajstić information content (AvgIpc) is 3.37. The van der Waals surface area contributed by atoms with Crippen molar-refractivity contribution in [1.82, 2.24) is 19.4 Å². The number of fused-ring (bicyclic) bond motifs is 3. The Hall–Kier alpha value is -3.72. The summed E-state index contributed by atoms with van der Waals surface area (Å²) in [7, 11) is 1.59. The Bertz CT molecular complexity index is 1240. The van der Waals surface area contributed by atoms with Crippen molar-refractivity contribution in [2.75, 3.05) is 45.2 Å². The van der Waals surface area contributed by atoms with E-state index >= 15 is 0 Å². The molecule has 0 bridgehead atoms. The first-order chi connectivity index (χ1) is 16.7. The number of ether oxygens (including phenoxy) is 2. The number of aromatic nitrogens is 3. The van der Waals surface area contributed by atoms with Gasteiger partial charge in [0.1, 0.15) is 11.3 Å². The highest BCUT2D eigenvalue weighted by Gasteiger charge is 2.21. The molecule has 3 heterocycles. The number of likely N-dealkylation sites (N-methyl/N-ethyl adjacent to an activating group) is 1. The van der Waals surface area contributed by atoms with Gasteiger partial charge in [-0.2, -0.15) is 4.99 Å². The van der Waals surface area contributed by atoms with E-state index in [4.69, 9.17) is 14.5 Å². The van der Waals surface area contributed by atoms with Crippen molar-refractivity contribution in [3.05, 3.63) is 60.5 Å². The smallest absolute Gasteiger partial charge is 0.281 e.